The lowest BCUT2D eigenvalue weighted by molar-refractivity contribution is 0.0962. The molecule has 6 rings (SSSR count). The summed E-state index contributed by atoms with van der Waals surface area (Å²) in [6, 6.07) is 34.9. The molecule has 0 spiro atoms. The van der Waals surface area contributed by atoms with Crippen molar-refractivity contribution in [1.29, 1.82) is 0 Å². The number of nitrogens with zero attached hydrogens (tertiary/aromatic N) is 4. The van der Waals surface area contributed by atoms with Crippen molar-refractivity contribution in [3.8, 4) is 11.8 Å². The average Bonchev–Trinajstić information content (AvgIpc) is 3.19. The number of Topliss-reactive ketones (excluding diaryl/α,β-unsaturated/α-hetero) is 2. The largest absolute Gasteiger partial charge is 0.473 e. The van der Waals surface area contributed by atoms with Gasteiger partial charge in [0.05, 0.1) is 38.4 Å². The van der Waals surface area contributed by atoms with Gasteiger partial charge in [0.25, 0.3) is 11.1 Å². The minimum absolute atomic E-state index is 0.0811. The molecule has 0 radical (unpaired) electrons. The van der Waals surface area contributed by atoms with Crippen LogP contribution in [0.5, 0.6) is 11.8 Å². The predicted octanol–water partition coefficient (Wildman–Crippen LogP) is 4.40. The van der Waals surface area contributed by atoms with E-state index in [0.717, 1.165) is 22.3 Å². The van der Waals surface area contributed by atoms with Crippen molar-refractivity contribution in [2.75, 3.05) is 0 Å². The van der Waals surface area contributed by atoms with E-state index in [1.54, 1.807) is 48.5 Å². The Morgan fingerprint density at radius 2 is 0.885 bits per heavy atom. The number of hydrogen-bond donors (Lipinski definition) is 2. The van der Waals surface area contributed by atoms with Gasteiger partial charge in [-0.2, -0.15) is 0 Å². The Morgan fingerprint density at radius 3 is 1.21 bits per heavy atom. The molecule has 0 bridgehead atoms. The molecule has 0 aliphatic carbocycles. The summed E-state index contributed by atoms with van der Waals surface area (Å²) in [6.45, 7) is 0.248. The second-order valence-corrected chi connectivity index (χ2v) is 11.5. The van der Waals surface area contributed by atoms with Crippen LogP contribution < -0.4 is 20.6 Å². The smallest absolute Gasteiger partial charge is 0.257 e. The summed E-state index contributed by atoms with van der Waals surface area (Å²) in [4.78, 5) is 57.1. The molecule has 12 heteroatoms. The quantitative estimate of drug-likeness (QED) is 0.156. The van der Waals surface area contributed by atoms with Gasteiger partial charge in [-0.25, -0.2) is 9.97 Å². The molecule has 52 heavy (non-hydrogen) atoms. The zero-order valence-electron chi connectivity index (χ0n) is 28.1. The molecule has 2 N–H and O–H groups in total. The molecule has 0 fully saturated rings. The highest BCUT2D eigenvalue weighted by Crippen LogP contribution is 2.10. The van der Waals surface area contributed by atoms with Crippen LogP contribution in [0.1, 0.15) is 43.0 Å². The number of aromatic nitrogens is 4. The van der Waals surface area contributed by atoms with Crippen molar-refractivity contribution in [3.63, 3.8) is 0 Å². The summed E-state index contributed by atoms with van der Waals surface area (Å²) in [6.07, 6.45) is 2.62. The van der Waals surface area contributed by atoms with Gasteiger partial charge >= 0.3 is 0 Å². The Balaban J connectivity index is 0.000000201. The molecular formula is C40H36N4O8. The van der Waals surface area contributed by atoms with Crippen molar-refractivity contribution >= 4 is 11.6 Å². The fourth-order valence-corrected chi connectivity index (χ4v) is 4.76. The van der Waals surface area contributed by atoms with Crippen LogP contribution >= 0.6 is 0 Å². The lowest BCUT2D eigenvalue weighted by Crippen LogP contribution is -2.24. The van der Waals surface area contributed by atoms with E-state index < -0.39 is 0 Å². The molecule has 4 aromatic carbocycles. The molecule has 2 aromatic heterocycles. The minimum atomic E-state index is -0.358. The van der Waals surface area contributed by atoms with Crippen LogP contribution in [-0.4, -0.2) is 40.9 Å². The average molecular weight is 701 g/mol. The number of aliphatic hydroxyl groups excluding tert-OH is 2. The van der Waals surface area contributed by atoms with Gasteiger partial charge in [0.15, 0.2) is 11.6 Å². The van der Waals surface area contributed by atoms with Gasteiger partial charge in [-0.3, -0.25) is 28.3 Å². The SMILES string of the molecule is O=C(Cn1cnc(OCc2ccccc2)cc1=O)c1ccc(CO)cc1.O=C(Cn1cnc(OCc2ccccc2)cc1=O)c1ccc(CO)cc1. The highest BCUT2D eigenvalue weighted by atomic mass is 16.5. The first-order chi connectivity index (χ1) is 25.3. The summed E-state index contributed by atoms with van der Waals surface area (Å²) in [5.41, 5.74) is 3.62. The highest BCUT2D eigenvalue weighted by molar-refractivity contribution is 5.96. The first-order valence-corrected chi connectivity index (χ1v) is 16.2. The summed E-state index contributed by atoms with van der Waals surface area (Å²) < 4.78 is 13.5. The topological polar surface area (TPSA) is 163 Å². The summed E-state index contributed by atoms with van der Waals surface area (Å²) in [7, 11) is 0. The molecule has 0 saturated carbocycles. The number of hydrogen-bond acceptors (Lipinski definition) is 10. The van der Waals surface area contributed by atoms with Gasteiger partial charge in [0.1, 0.15) is 25.9 Å². The third-order valence-electron chi connectivity index (χ3n) is 7.71. The van der Waals surface area contributed by atoms with E-state index in [1.165, 1.54) is 33.9 Å². The zero-order valence-corrected chi connectivity index (χ0v) is 28.1. The van der Waals surface area contributed by atoms with E-state index in [4.69, 9.17) is 19.7 Å². The van der Waals surface area contributed by atoms with Crippen LogP contribution in [0.2, 0.25) is 0 Å². The number of ketones is 2. The number of rotatable bonds is 14. The molecule has 12 nitrogen and oxygen atoms in total. The van der Waals surface area contributed by atoms with Gasteiger partial charge in [-0.15, -0.1) is 0 Å². The van der Waals surface area contributed by atoms with Crippen LogP contribution in [0.25, 0.3) is 0 Å². The van der Waals surface area contributed by atoms with Crippen molar-refractivity contribution < 1.29 is 29.3 Å². The second-order valence-electron chi connectivity index (χ2n) is 11.5. The molecule has 0 amide bonds. The van der Waals surface area contributed by atoms with Gasteiger partial charge in [0.2, 0.25) is 11.8 Å². The monoisotopic (exact) mass is 700 g/mol. The molecule has 264 valence electrons. The fraction of sp³-hybridized carbons (Fsp3) is 0.150. The van der Waals surface area contributed by atoms with Gasteiger partial charge < -0.3 is 19.7 Å². The van der Waals surface area contributed by atoms with Crippen LogP contribution in [0, 0.1) is 0 Å². The van der Waals surface area contributed by atoms with E-state index in [9.17, 15) is 19.2 Å². The zero-order chi connectivity index (χ0) is 36.7. The van der Waals surface area contributed by atoms with Crippen LogP contribution in [0.4, 0.5) is 0 Å². The molecule has 0 aliphatic heterocycles. The lowest BCUT2D eigenvalue weighted by Gasteiger charge is -2.08. The minimum Gasteiger partial charge on any atom is -0.473 e. The number of ether oxygens (including phenoxy) is 2. The van der Waals surface area contributed by atoms with Crippen LogP contribution in [-0.2, 0) is 39.5 Å². The summed E-state index contributed by atoms with van der Waals surface area (Å²) in [5.74, 6) is 0.0115. The van der Waals surface area contributed by atoms with Crippen molar-refractivity contribution in [2.45, 2.75) is 39.5 Å². The fourth-order valence-electron chi connectivity index (χ4n) is 4.76. The third kappa shape index (κ3) is 10.7. The van der Waals surface area contributed by atoms with Crippen LogP contribution in [0.15, 0.2) is 144 Å². The Morgan fingerprint density at radius 1 is 0.519 bits per heavy atom. The Kier molecular flexibility index (Phi) is 13.1. The first-order valence-electron chi connectivity index (χ1n) is 16.2. The second kappa shape index (κ2) is 18.5. The Labute approximate surface area is 298 Å². The molecule has 0 saturated heterocycles. The Bertz CT molecular complexity index is 2030. The molecule has 0 aliphatic rings. The predicted molar refractivity (Wildman–Crippen MR) is 192 cm³/mol. The molecule has 6 aromatic rings. The van der Waals surface area contributed by atoms with Crippen molar-refractivity contribution in [1.82, 2.24) is 19.1 Å². The number of carbonyl (C=O) groups excluding carboxylic acids is 2. The van der Waals surface area contributed by atoms with E-state index in [-0.39, 0.29) is 60.7 Å². The van der Waals surface area contributed by atoms with Gasteiger partial charge in [0, 0.05) is 11.1 Å². The molecule has 0 unspecified atom stereocenters. The van der Waals surface area contributed by atoms with Crippen molar-refractivity contribution in [3.05, 3.63) is 188 Å². The Hall–Kier alpha value is -6.50. The first kappa shape index (κ1) is 36.8. The van der Waals surface area contributed by atoms with E-state index in [0.29, 0.717) is 24.3 Å². The van der Waals surface area contributed by atoms with E-state index in [1.807, 2.05) is 60.7 Å². The third-order valence-corrected chi connectivity index (χ3v) is 7.71. The molecule has 0 atom stereocenters. The summed E-state index contributed by atoms with van der Waals surface area (Å²) in [5, 5.41) is 18.1. The highest BCUT2D eigenvalue weighted by Gasteiger charge is 2.11. The van der Waals surface area contributed by atoms with Gasteiger partial charge in [-0.1, -0.05) is 109 Å². The maximum Gasteiger partial charge on any atom is 0.257 e. The number of carbonyl (C=O) groups is 2. The summed E-state index contributed by atoms with van der Waals surface area (Å²) >= 11 is 0. The van der Waals surface area contributed by atoms with E-state index in [2.05, 4.69) is 9.97 Å². The lowest BCUT2D eigenvalue weighted by atomic mass is 10.1. The van der Waals surface area contributed by atoms with E-state index >= 15 is 0 Å². The normalized spacial score (nSPS) is 10.5. The standard InChI is InChI=1S/2C20H18N2O4/c2*23-12-15-6-8-17(9-7-15)18(24)11-22-14-21-19(10-20(22)25)26-13-16-4-2-1-3-5-16/h2*1-10,14,23H,11-13H2. The molecule has 2 heterocycles. The maximum atomic E-state index is 12.3. The number of aliphatic hydroxyl groups is 2. The van der Waals surface area contributed by atoms with Gasteiger partial charge in [-0.05, 0) is 22.3 Å². The number of benzene rings is 4. The van der Waals surface area contributed by atoms with Crippen molar-refractivity contribution in [2.24, 2.45) is 0 Å². The molecular weight excluding hydrogens is 664 g/mol. The van der Waals surface area contributed by atoms with Crippen LogP contribution in [0.3, 0.4) is 0 Å². The maximum absolute atomic E-state index is 12.3.